The van der Waals surface area contributed by atoms with Crippen molar-refractivity contribution >= 4 is 27.8 Å². The van der Waals surface area contributed by atoms with Gasteiger partial charge in [-0.3, -0.25) is 0 Å². The van der Waals surface area contributed by atoms with Gasteiger partial charge < -0.3 is 9.13 Å². The fourth-order valence-electron chi connectivity index (χ4n) is 4.23. The predicted octanol–water partition coefficient (Wildman–Crippen LogP) is 6.90. The quantitative estimate of drug-likeness (QED) is 0.456. The average molecular weight is 413 g/mol. The van der Waals surface area contributed by atoms with Crippen molar-refractivity contribution in [2.24, 2.45) is 0 Å². The van der Waals surface area contributed by atoms with Crippen LogP contribution in [-0.4, -0.2) is 29.6 Å². The summed E-state index contributed by atoms with van der Waals surface area (Å²) in [7, 11) is -3.04. The van der Waals surface area contributed by atoms with Crippen LogP contribution < -0.4 is 9.13 Å². The Labute approximate surface area is 175 Å². The first-order valence-electron chi connectivity index (χ1n) is 10.5. The summed E-state index contributed by atoms with van der Waals surface area (Å²) in [4.78, 5) is 0. The van der Waals surface area contributed by atoms with Crippen LogP contribution in [-0.2, 0) is 0 Å². The van der Waals surface area contributed by atoms with Gasteiger partial charge in [-0.05, 0) is 49.9 Å². The van der Waals surface area contributed by atoms with Crippen LogP contribution in [0.2, 0.25) is 39.3 Å². The first kappa shape index (κ1) is 22.8. The second-order valence-corrected chi connectivity index (χ2v) is 19.9. The highest BCUT2D eigenvalue weighted by Gasteiger charge is 2.30. The lowest BCUT2D eigenvalue weighted by atomic mass is 10.1. The fraction of sp³-hybridized carbons (Fsp3) is 0.500. The van der Waals surface area contributed by atoms with Crippen molar-refractivity contribution in [3.05, 3.63) is 58.7 Å². The van der Waals surface area contributed by atoms with E-state index in [0.717, 1.165) is 13.1 Å². The molecule has 0 aliphatic carbocycles. The van der Waals surface area contributed by atoms with Gasteiger partial charge in [0.25, 0.3) is 0 Å². The molecule has 2 rings (SSSR count). The summed E-state index contributed by atoms with van der Waals surface area (Å²) in [6.45, 7) is 26.0. The molecule has 0 saturated carbocycles. The summed E-state index contributed by atoms with van der Waals surface area (Å²) >= 11 is 0. The van der Waals surface area contributed by atoms with Crippen molar-refractivity contribution < 1.29 is 0 Å². The molecule has 154 valence electrons. The second kappa shape index (κ2) is 8.46. The molecule has 0 heterocycles. The summed E-state index contributed by atoms with van der Waals surface area (Å²) in [6.07, 6.45) is 0. The highest BCUT2D eigenvalue weighted by molar-refractivity contribution is 6.80. The van der Waals surface area contributed by atoms with E-state index in [1.165, 1.54) is 33.6 Å². The molecule has 0 unspecified atom stereocenters. The zero-order valence-electron chi connectivity index (χ0n) is 19.8. The molecular formula is C24H40N2Si2. The molecule has 0 saturated heterocycles. The van der Waals surface area contributed by atoms with Gasteiger partial charge in [0.2, 0.25) is 0 Å². The van der Waals surface area contributed by atoms with Crippen LogP contribution >= 0.6 is 0 Å². The number of aryl methyl sites for hydroxylation is 4. The molecule has 0 N–H and O–H groups in total. The lowest BCUT2D eigenvalue weighted by molar-refractivity contribution is 0.903. The maximum Gasteiger partial charge on any atom is 0.147 e. The monoisotopic (exact) mass is 412 g/mol. The molecule has 2 aromatic carbocycles. The van der Waals surface area contributed by atoms with E-state index in [2.05, 4.69) is 113 Å². The third-order valence-corrected chi connectivity index (χ3v) is 9.72. The van der Waals surface area contributed by atoms with E-state index in [1.807, 2.05) is 0 Å². The molecule has 4 heteroatoms. The second-order valence-electron chi connectivity index (χ2n) is 10.1. The number of nitrogens with zero attached hydrogens (tertiary/aromatic N) is 2. The lowest BCUT2D eigenvalue weighted by Crippen LogP contribution is -2.54. The third kappa shape index (κ3) is 5.09. The molecule has 0 atom stereocenters. The van der Waals surface area contributed by atoms with E-state index in [4.69, 9.17) is 0 Å². The zero-order valence-corrected chi connectivity index (χ0v) is 21.8. The third-order valence-electron chi connectivity index (χ3n) is 5.59. The highest BCUT2D eigenvalue weighted by Crippen LogP contribution is 2.32. The summed E-state index contributed by atoms with van der Waals surface area (Å²) in [6, 6.07) is 13.4. The molecule has 2 nitrogen and oxygen atoms in total. The lowest BCUT2D eigenvalue weighted by Gasteiger charge is -2.44. The van der Waals surface area contributed by atoms with Crippen LogP contribution in [0.1, 0.15) is 22.3 Å². The SMILES string of the molecule is Cc1cccc(C)c1N(CCN(c1c(C)cccc1C)[Si](C)(C)C)[Si](C)(C)C. The Morgan fingerprint density at radius 2 is 0.786 bits per heavy atom. The minimum absolute atomic E-state index is 1.08. The first-order valence-corrected chi connectivity index (χ1v) is 17.4. The number of benzene rings is 2. The van der Waals surface area contributed by atoms with Gasteiger partial charge in [0.05, 0.1) is 0 Å². The number of anilines is 2. The summed E-state index contributed by atoms with van der Waals surface area (Å²) in [5, 5.41) is 0. The summed E-state index contributed by atoms with van der Waals surface area (Å²) in [5.74, 6) is 0. The van der Waals surface area contributed by atoms with E-state index in [-0.39, 0.29) is 0 Å². The van der Waals surface area contributed by atoms with Gasteiger partial charge in [-0.15, -0.1) is 0 Å². The number of para-hydroxylation sites is 2. The van der Waals surface area contributed by atoms with Crippen molar-refractivity contribution in [3.8, 4) is 0 Å². The van der Waals surface area contributed by atoms with Crippen molar-refractivity contribution in [1.29, 1.82) is 0 Å². The van der Waals surface area contributed by atoms with Gasteiger partial charge >= 0.3 is 0 Å². The minimum Gasteiger partial charge on any atom is -0.396 e. The van der Waals surface area contributed by atoms with Crippen LogP contribution in [0.3, 0.4) is 0 Å². The molecule has 0 aromatic heterocycles. The molecule has 0 aliphatic heterocycles. The van der Waals surface area contributed by atoms with Crippen molar-refractivity contribution in [1.82, 2.24) is 0 Å². The maximum absolute atomic E-state index is 2.75. The predicted molar refractivity (Wildman–Crippen MR) is 133 cm³/mol. The molecule has 2 aromatic rings. The zero-order chi connectivity index (χ0) is 21.3. The Morgan fingerprint density at radius 1 is 0.536 bits per heavy atom. The van der Waals surface area contributed by atoms with Gasteiger partial charge in [0.15, 0.2) is 0 Å². The van der Waals surface area contributed by atoms with Gasteiger partial charge in [-0.2, -0.15) is 0 Å². The van der Waals surface area contributed by atoms with Gasteiger partial charge in [-0.1, -0.05) is 75.7 Å². The van der Waals surface area contributed by atoms with Crippen LogP contribution in [0.15, 0.2) is 36.4 Å². The number of hydrogen-bond acceptors (Lipinski definition) is 2. The summed E-state index contributed by atoms with van der Waals surface area (Å²) < 4.78 is 5.50. The van der Waals surface area contributed by atoms with Gasteiger partial charge in [0, 0.05) is 24.5 Å². The molecule has 0 spiro atoms. The van der Waals surface area contributed by atoms with Crippen LogP contribution in [0.25, 0.3) is 0 Å². The topological polar surface area (TPSA) is 6.48 Å². The standard InChI is InChI=1S/C24H40N2Si2/c1-19-13-11-14-20(2)23(19)25(27(5,6)7)17-18-26(28(8,9)10)24-21(3)15-12-16-22(24)4/h11-16H,17-18H2,1-10H3. The van der Waals surface area contributed by atoms with Crippen LogP contribution in [0.4, 0.5) is 11.4 Å². The largest absolute Gasteiger partial charge is 0.396 e. The Balaban J connectivity index is 2.44. The van der Waals surface area contributed by atoms with E-state index in [9.17, 15) is 0 Å². The Hall–Kier alpha value is -1.53. The Morgan fingerprint density at radius 3 is 1.00 bits per heavy atom. The molecule has 0 amide bonds. The van der Waals surface area contributed by atoms with Crippen molar-refractivity contribution in [2.45, 2.75) is 67.0 Å². The van der Waals surface area contributed by atoms with E-state index < -0.39 is 16.5 Å². The highest BCUT2D eigenvalue weighted by atomic mass is 28.3. The van der Waals surface area contributed by atoms with Crippen molar-refractivity contribution in [2.75, 3.05) is 22.2 Å². The van der Waals surface area contributed by atoms with Crippen LogP contribution in [0, 0.1) is 27.7 Å². The normalized spacial score (nSPS) is 12.2. The van der Waals surface area contributed by atoms with E-state index in [1.54, 1.807) is 0 Å². The molecule has 0 radical (unpaired) electrons. The van der Waals surface area contributed by atoms with Gasteiger partial charge in [0.1, 0.15) is 16.5 Å². The molecule has 0 fully saturated rings. The first-order chi connectivity index (χ1) is 12.8. The maximum atomic E-state index is 2.75. The Bertz CT molecular complexity index is 706. The molecule has 0 bridgehead atoms. The van der Waals surface area contributed by atoms with E-state index in [0.29, 0.717) is 0 Å². The average Bonchev–Trinajstić information content (AvgIpc) is 2.53. The minimum atomic E-state index is -1.52. The van der Waals surface area contributed by atoms with Gasteiger partial charge in [-0.25, -0.2) is 0 Å². The van der Waals surface area contributed by atoms with Crippen molar-refractivity contribution in [3.63, 3.8) is 0 Å². The van der Waals surface area contributed by atoms with E-state index >= 15 is 0 Å². The summed E-state index contributed by atoms with van der Waals surface area (Å²) in [5.41, 5.74) is 8.50. The molecule has 28 heavy (non-hydrogen) atoms. The number of hydrogen-bond donors (Lipinski definition) is 0. The molecular weight excluding hydrogens is 372 g/mol. The van der Waals surface area contributed by atoms with Crippen LogP contribution in [0.5, 0.6) is 0 Å². The fourth-order valence-corrected chi connectivity index (χ4v) is 7.82. The molecule has 0 aliphatic rings. The number of rotatable bonds is 7. The smallest absolute Gasteiger partial charge is 0.147 e. The Kier molecular flexibility index (Phi) is 6.87.